The molecule has 0 fully saturated rings. The first-order valence-corrected chi connectivity index (χ1v) is 13.9. The van der Waals surface area contributed by atoms with Crippen molar-refractivity contribution in [3.05, 3.63) is 60.7 Å². The minimum Gasteiger partial charge on any atom is -0.453 e. The van der Waals surface area contributed by atoms with Gasteiger partial charge in [0.25, 0.3) is 0 Å². The first-order valence-electron chi connectivity index (χ1n) is 13.9. The van der Waals surface area contributed by atoms with Gasteiger partial charge in [0.1, 0.15) is 11.5 Å². The Morgan fingerprint density at radius 2 is 1.23 bits per heavy atom. The summed E-state index contributed by atoms with van der Waals surface area (Å²) < 4.78 is 28.2. The number of carbonyl (C=O) groups is 2. The molecule has 0 bridgehead atoms. The van der Waals surface area contributed by atoms with Crippen molar-refractivity contribution >= 4 is 23.1 Å². The van der Waals surface area contributed by atoms with Crippen LogP contribution in [-0.2, 0) is 9.47 Å². The topological polar surface area (TPSA) is 80.3 Å². The number of ether oxygens (including phenoxy) is 5. The summed E-state index contributed by atoms with van der Waals surface area (Å²) in [5, 5.41) is 1.09. The van der Waals surface area contributed by atoms with Gasteiger partial charge in [-0.05, 0) is 36.8 Å². The van der Waals surface area contributed by atoms with Gasteiger partial charge in [-0.25, -0.2) is 9.59 Å². The normalized spacial score (nSPS) is 12.4. The van der Waals surface area contributed by atoms with Gasteiger partial charge in [0.05, 0.1) is 13.2 Å². The highest BCUT2D eigenvalue weighted by Crippen LogP contribution is 2.43. The van der Waals surface area contributed by atoms with E-state index >= 15 is 0 Å². The van der Waals surface area contributed by atoms with Crippen molar-refractivity contribution in [1.82, 2.24) is 0 Å². The molecule has 0 saturated carbocycles. The maximum Gasteiger partial charge on any atom is 0.514 e. The predicted molar refractivity (Wildman–Crippen MR) is 152 cm³/mol. The van der Waals surface area contributed by atoms with E-state index in [1.807, 2.05) is 38.1 Å². The fourth-order valence-electron chi connectivity index (χ4n) is 4.10. The zero-order valence-electron chi connectivity index (χ0n) is 23.4. The summed E-state index contributed by atoms with van der Waals surface area (Å²) in [6.45, 7) is 8.87. The molecule has 3 rings (SSSR count). The van der Waals surface area contributed by atoms with Crippen LogP contribution in [0.1, 0.15) is 66.2 Å². The molecule has 3 aromatic carbocycles. The van der Waals surface area contributed by atoms with Crippen LogP contribution in [0.4, 0.5) is 9.59 Å². The molecule has 0 spiro atoms. The van der Waals surface area contributed by atoms with Crippen LogP contribution in [0.15, 0.2) is 60.7 Å². The summed E-state index contributed by atoms with van der Waals surface area (Å²) in [6.07, 6.45) is 4.63. The minimum absolute atomic E-state index is 0.176. The lowest BCUT2D eigenvalue weighted by Crippen LogP contribution is -2.17. The van der Waals surface area contributed by atoms with Gasteiger partial charge in [-0.15, -0.1) is 0 Å². The number of para-hydroxylation sites is 1. The molecule has 39 heavy (non-hydrogen) atoms. The van der Waals surface area contributed by atoms with Crippen LogP contribution in [0.5, 0.6) is 23.0 Å². The van der Waals surface area contributed by atoms with Gasteiger partial charge in [0, 0.05) is 16.8 Å². The Balaban J connectivity index is 1.86. The van der Waals surface area contributed by atoms with Crippen molar-refractivity contribution in [3.8, 4) is 23.0 Å². The molecule has 0 saturated heterocycles. The molecule has 210 valence electrons. The highest BCUT2D eigenvalue weighted by molar-refractivity contribution is 5.97. The molecule has 7 nitrogen and oxygen atoms in total. The van der Waals surface area contributed by atoms with Crippen molar-refractivity contribution in [2.45, 2.75) is 66.2 Å². The maximum absolute atomic E-state index is 12.7. The second-order valence-corrected chi connectivity index (χ2v) is 9.98. The molecule has 0 aliphatic rings. The molecule has 2 unspecified atom stereocenters. The van der Waals surface area contributed by atoms with Gasteiger partial charge in [-0.3, -0.25) is 0 Å². The smallest absolute Gasteiger partial charge is 0.453 e. The Bertz CT molecular complexity index is 1190. The number of hydrogen-bond donors (Lipinski definition) is 0. The monoisotopic (exact) mass is 536 g/mol. The van der Waals surface area contributed by atoms with Crippen molar-refractivity contribution in [3.63, 3.8) is 0 Å². The Labute approximate surface area is 231 Å². The first-order chi connectivity index (χ1) is 18.9. The third-order valence-corrected chi connectivity index (χ3v) is 6.35. The van der Waals surface area contributed by atoms with Crippen LogP contribution in [0.2, 0.25) is 0 Å². The number of unbranched alkanes of at least 4 members (excludes halogenated alkanes) is 2. The van der Waals surface area contributed by atoms with Gasteiger partial charge >= 0.3 is 12.3 Å². The summed E-state index contributed by atoms with van der Waals surface area (Å²) in [5.41, 5.74) is 0. The Morgan fingerprint density at radius 3 is 1.82 bits per heavy atom. The molecular weight excluding hydrogens is 496 g/mol. The van der Waals surface area contributed by atoms with Crippen LogP contribution >= 0.6 is 0 Å². The Kier molecular flexibility index (Phi) is 11.9. The fourth-order valence-corrected chi connectivity index (χ4v) is 4.10. The number of fused-ring (bicyclic) bond motifs is 1. The van der Waals surface area contributed by atoms with Crippen molar-refractivity contribution in [2.24, 2.45) is 11.8 Å². The average Bonchev–Trinajstić information content (AvgIpc) is 2.95. The van der Waals surface area contributed by atoms with Gasteiger partial charge in [0.2, 0.25) is 0 Å². The quantitative estimate of drug-likeness (QED) is 0.150. The highest BCUT2D eigenvalue weighted by Gasteiger charge is 2.22. The number of benzene rings is 3. The van der Waals surface area contributed by atoms with Crippen LogP contribution in [0, 0.1) is 11.8 Å². The lowest BCUT2D eigenvalue weighted by atomic mass is 10.1. The van der Waals surface area contributed by atoms with Gasteiger partial charge in [-0.2, -0.15) is 0 Å². The summed E-state index contributed by atoms with van der Waals surface area (Å²) in [4.78, 5) is 25.3. The van der Waals surface area contributed by atoms with Gasteiger partial charge in [0.15, 0.2) is 11.5 Å². The summed E-state index contributed by atoms with van der Waals surface area (Å²) in [5.74, 6) is 1.59. The van der Waals surface area contributed by atoms with Crippen molar-refractivity contribution in [1.29, 1.82) is 0 Å². The van der Waals surface area contributed by atoms with Gasteiger partial charge in [-0.1, -0.05) is 95.8 Å². The fraction of sp³-hybridized carbons (Fsp3) is 0.438. The molecule has 0 aliphatic heterocycles. The molecule has 0 aliphatic carbocycles. The molecule has 0 heterocycles. The summed E-state index contributed by atoms with van der Waals surface area (Å²) in [7, 11) is 0. The predicted octanol–water partition coefficient (Wildman–Crippen LogP) is 9.32. The highest BCUT2D eigenvalue weighted by atomic mass is 16.7. The lowest BCUT2D eigenvalue weighted by Gasteiger charge is -2.17. The number of carbonyl (C=O) groups excluding carboxylic acids is 2. The van der Waals surface area contributed by atoms with Crippen LogP contribution in [-0.4, -0.2) is 25.5 Å². The van der Waals surface area contributed by atoms with Crippen LogP contribution in [0.25, 0.3) is 10.8 Å². The zero-order valence-corrected chi connectivity index (χ0v) is 23.4. The molecule has 0 amide bonds. The number of rotatable bonds is 14. The molecule has 0 N–H and O–H groups in total. The molecule has 0 aromatic heterocycles. The average molecular weight is 537 g/mol. The molecule has 2 atom stereocenters. The van der Waals surface area contributed by atoms with Crippen LogP contribution in [0.3, 0.4) is 0 Å². The van der Waals surface area contributed by atoms with E-state index in [1.165, 1.54) is 6.07 Å². The Morgan fingerprint density at radius 1 is 0.692 bits per heavy atom. The van der Waals surface area contributed by atoms with E-state index in [-0.39, 0.29) is 42.3 Å². The van der Waals surface area contributed by atoms with Crippen LogP contribution < -0.4 is 14.2 Å². The van der Waals surface area contributed by atoms with E-state index in [1.54, 1.807) is 30.3 Å². The van der Waals surface area contributed by atoms with Gasteiger partial charge < -0.3 is 23.7 Å². The summed E-state index contributed by atoms with van der Waals surface area (Å²) in [6, 6.07) is 17.8. The van der Waals surface area contributed by atoms with E-state index in [0.717, 1.165) is 38.5 Å². The molecule has 0 radical (unpaired) electrons. The van der Waals surface area contributed by atoms with E-state index in [9.17, 15) is 9.59 Å². The van der Waals surface area contributed by atoms with E-state index in [2.05, 4.69) is 13.8 Å². The largest absolute Gasteiger partial charge is 0.514 e. The number of hydrogen-bond acceptors (Lipinski definition) is 7. The Hall–Kier alpha value is -3.74. The zero-order chi connectivity index (χ0) is 28.0. The summed E-state index contributed by atoms with van der Waals surface area (Å²) >= 11 is 0. The second kappa shape index (κ2) is 15.6. The SMILES string of the molecule is CCCCC(C)COC(=O)Oc1cc(Oc2ccccc2)c(OC(=O)OCC(C)CCCC)c2ccccc12. The third kappa shape index (κ3) is 9.50. The standard InChI is InChI=1S/C32H40O7/c1-5-7-14-23(3)21-35-31(33)38-28-20-29(37-25-16-10-9-11-17-25)30(27-19-13-12-18-26(27)28)39-32(34)36-22-24(4)15-8-6-2/h9-13,16-20,23-24H,5-8,14-15,21-22H2,1-4H3. The van der Waals surface area contributed by atoms with E-state index < -0.39 is 12.3 Å². The van der Waals surface area contributed by atoms with Crippen molar-refractivity contribution < 1.29 is 33.3 Å². The lowest BCUT2D eigenvalue weighted by molar-refractivity contribution is 0.0828. The minimum atomic E-state index is -0.824. The van der Waals surface area contributed by atoms with Crippen molar-refractivity contribution in [2.75, 3.05) is 13.2 Å². The molecular formula is C32H40O7. The molecule has 7 heteroatoms. The third-order valence-electron chi connectivity index (χ3n) is 6.35. The van der Waals surface area contributed by atoms with E-state index in [4.69, 9.17) is 23.7 Å². The first kappa shape index (κ1) is 29.8. The van der Waals surface area contributed by atoms with E-state index in [0.29, 0.717) is 16.5 Å². The second-order valence-electron chi connectivity index (χ2n) is 9.98. The molecule has 3 aromatic rings. The maximum atomic E-state index is 12.7.